The maximum atomic E-state index is 12.0. The van der Waals surface area contributed by atoms with Gasteiger partial charge in [0, 0.05) is 17.8 Å². The minimum atomic E-state index is -0.521. The third kappa shape index (κ3) is 4.72. The molecule has 0 bridgehead atoms. The summed E-state index contributed by atoms with van der Waals surface area (Å²) in [6.07, 6.45) is 0. The predicted octanol–water partition coefficient (Wildman–Crippen LogP) is 1.93. The number of nitrogens with two attached hydrogens (primary N) is 1. The summed E-state index contributed by atoms with van der Waals surface area (Å²) in [7, 11) is 0. The second-order valence-corrected chi connectivity index (χ2v) is 5.65. The van der Waals surface area contributed by atoms with Gasteiger partial charge in [0.1, 0.15) is 5.56 Å². The van der Waals surface area contributed by atoms with Crippen LogP contribution in [0.1, 0.15) is 24.2 Å². The molecule has 2 rings (SSSR count). The van der Waals surface area contributed by atoms with E-state index in [4.69, 9.17) is 5.73 Å². The molecule has 0 fully saturated rings. The minimum Gasteiger partial charge on any atom is -0.350 e. The van der Waals surface area contributed by atoms with Crippen LogP contribution in [0.15, 0.2) is 47.3 Å². The maximum Gasteiger partial charge on any atom is 0.261 e. The van der Waals surface area contributed by atoms with Crippen molar-refractivity contribution in [1.29, 1.82) is 0 Å². The zero-order valence-corrected chi connectivity index (χ0v) is 13.4. The molecule has 0 radical (unpaired) electrons. The molecule has 0 aliphatic heterocycles. The van der Waals surface area contributed by atoms with Crippen molar-refractivity contribution in [2.75, 3.05) is 6.54 Å². The summed E-state index contributed by atoms with van der Waals surface area (Å²) in [5.74, 6) is -0.422. The molecule has 5 nitrogen and oxygen atoms in total. The summed E-state index contributed by atoms with van der Waals surface area (Å²) in [4.78, 5) is 26.7. The number of carbonyl (C=O) groups is 1. The Morgan fingerprint density at radius 3 is 2.36 bits per heavy atom. The molecule has 0 aliphatic rings. The second-order valence-electron chi connectivity index (χ2n) is 5.65. The summed E-state index contributed by atoms with van der Waals surface area (Å²) in [5, 5.41) is 2.66. The highest BCUT2D eigenvalue weighted by molar-refractivity contribution is 5.94. The first-order valence-electron chi connectivity index (χ1n) is 6.73. The molecule has 0 spiro atoms. The SMILES string of the molecule is CC(C)(N)CNC(=O)c1ccc(-c2ccccc2)[nH]c1=O.Cl. The zero-order valence-electron chi connectivity index (χ0n) is 12.6. The van der Waals surface area contributed by atoms with E-state index in [9.17, 15) is 9.59 Å². The van der Waals surface area contributed by atoms with Crippen LogP contribution in [0, 0.1) is 0 Å². The molecule has 1 aromatic heterocycles. The van der Waals surface area contributed by atoms with E-state index in [2.05, 4.69) is 10.3 Å². The van der Waals surface area contributed by atoms with Gasteiger partial charge in [-0.2, -0.15) is 0 Å². The molecule has 2 aromatic rings. The number of hydrogen-bond donors (Lipinski definition) is 3. The molecule has 0 atom stereocenters. The smallest absolute Gasteiger partial charge is 0.261 e. The van der Waals surface area contributed by atoms with E-state index in [1.165, 1.54) is 6.07 Å². The van der Waals surface area contributed by atoms with Crippen LogP contribution in [-0.2, 0) is 0 Å². The molecule has 0 aliphatic carbocycles. The number of amides is 1. The molecule has 0 saturated heterocycles. The summed E-state index contributed by atoms with van der Waals surface area (Å²) in [6.45, 7) is 3.90. The van der Waals surface area contributed by atoms with E-state index in [1.807, 2.05) is 30.3 Å². The highest BCUT2D eigenvalue weighted by Crippen LogP contribution is 2.14. The van der Waals surface area contributed by atoms with Crippen LogP contribution in [0.25, 0.3) is 11.3 Å². The van der Waals surface area contributed by atoms with Crippen molar-refractivity contribution in [2.24, 2.45) is 5.73 Å². The van der Waals surface area contributed by atoms with Crippen molar-refractivity contribution in [3.63, 3.8) is 0 Å². The van der Waals surface area contributed by atoms with Crippen molar-refractivity contribution >= 4 is 18.3 Å². The third-order valence-electron chi connectivity index (χ3n) is 2.94. The Kier molecular flexibility index (Phi) is 5.91. The Morgan fingerprint density at radius 2 is 1.82 bits per heavy atom. The molecular weight excluding hydrogens is 302 g/mol. The predicted molar refractivity (Wildman–Crippen MR) is 90.3 cm³/mol. The van der Waals surface area contributed by atoms with Crippen molar-refractivity contribution in [3.05, 3.63) is 58.4 Å². The zero-order chi connectivity index (χ0) is 15.5. The molecule has 1 aromatic carbocycles. The van der Waals surface area contributed by atoms with Gasteiger partial charge in [-0.1, -0.05) is 30.3 Å². The van der Waals surface area contributed by atoms with Gasteiger partial charge in [-0.3, -0.25) is 9.59 Å². The van der Waals surface area contributed by atoms with Crippen molar-refractivity contribution in [1.82, 2.24) is 10.3 Å². The van der Waals surface area contributed by atoms with Gasteiger partial charge < -0.3 is 16.0 Å². The number of carbonyl (C=O) groups excluding carboxylic acids is 1. The van der Waals surface area contributed by atoms with Crippen molar-refractivity contribution in [2.45, 2.75) is 19.4 Å². The van der Waals surface area contributed by atoms with E-state index < -0.39 is 17.0 Å². The molecular formula is C16H20ClN3O2. The van der Waals surface area contributed by atoms with Crippen LogP contribution in [-0.4, -0.2) is 23.0 Å². The Bertz CT molecular complexity index is 691. The molecule has 4 N–H and O–H groups in total. The average molecular weight is 322 g/mol. The normalized spacial score (nSPS) is 10.7. The number of rotatable bonds is 4. The second kappa shape index (κ2) is 7.24. The number of pyridine rings is 1. The van der Waals surface area contributed by atoms with Gasteiger partial charge >= 0.3 is 0 Å². The summed E-state index contributed by atoms with van der Waals surface area (Å²) in [6, 6.07) is 12.7. The highest BCUT2D eigenvalue weighted by Gasteiger charge is 2.15. The molecule has 1 heterocycles. The number of hydrogen-bond acceptors (Lipinski definition) is 3. The fraction of sp³-hybridized carbons (Fsp3) is 0.250. The highest BCUT2D eigenvalue weighted by atomic mass is 35.5. The first-order valence-corrected chi connectivity index (χ1v) is 6.73. The average Bonchev–Trinajstić information content (AvgIpc) is 2.45. The molecule has 1 amide bonds. The summed E-state index contributed by atoms with van der Waals surface area (Å²) in [5.41, 5.74) is 6.52. The monoisotopic (exact) mass is 321 g/mol. The first kappa shape index (κ1) is 17.9. The summed E-state index contributed by atoms with van der Waals surface area (Å²) < 4.78 is 0. The summed E-state index contributed by atoms with van der Waals surface area (Å²) >= 11 is 0. The van der Waals surface area contributed by atoms with Crippen molar-refractivity contribution < 1.29 is 4.79 Å². The van der Waals surface area contributed by atoms with Gasteiger partial charge in [0.25, 0.3) is 11.5 Å². The van der Waals surface area contributed by atoms with Crippen LogP contribution in [0.2, 0.25) is 0 Å². The first-order chi connectivity index (χ1) is 9.87. The Hall–Kier alpha value is -2.11. The molecule has 118 valence electrons. The van der Waals surface area contributed by atoms with Gasteiger partial charge in [0.2, 0.25) is 0 Å². The number of aromatic nitrogens is 1. The van der Waals surface area contributed by atoms with Gasteiger partial charge in [-0.25, -0.2) is 0 Å². The van der Waals surface area contributed by atoms with Crippen LogP contribution >= 0.6 is 12.4 Å². The largest absolute Gasteiger partial charge is 0.350 e. The minimum absolute atomic E-state index is 0. The van der Waals surface area contributed by atoms with Gasteiger partial charge in [0.15, 0.2) is 0 Å². The van der Waals surface area contributed by atoms with Crippen LogP contribution in [0.5, 0.6) is 0 Å². The lowest BCUT2D eigenvalue weighted by atomic mass is 10.1. The molecule has 22 heavy (non-hydrogen) atoms. The topological polar surface area (TPSA) is 88.0 Å². The number of halogens is 1. The molecule has 0 unspecified atom stereocenters. The maximum absolute atomic E-state index is 12.0. The van der Waals surface area contributed by atoms with Crippen LogP contribution in [0.4, 0.5) is 0 Å². The molecule has 6 heteroatoms. The van der Waals surface area contributed by atoms with Crippen molar-refractivity contribution in [3.8, 4) is 11.3 Å². The fourth-order valence-corrected chi connectivity index (χ4v) is 1.84. The lowest BCUT2D eigenvalue weighted by Gasteiger charge is -2.18. The van der Waals surface area contributed by atoms with Crippen LogP contribution < -0.4 is 16.6 Å². The number of H-pyrrole nitrogens is 1. The van der Waals surface area contributed by atoms with E-state index in [0.29, 0.717) is 12.2 Å². The number of benzene rings is 1. The van der Waals surface area contributed by atoms with E-state index in [1.54, 1.807) is 19.9 Å². The van der Waals surface area contributed by atoms with E-state index >= 15 is 0 Å². The molecule has 0 saturated carbocycles. The fourth-order valence-electron chi connectivity index (χ4n) is 1.84. The van der Waals surface area contributed by atoms with Gasteiger partial charge in [-0.15, -0.1) is 12.4 Å². The quantitative estimate of drug-likeness (QED) is 0.804. The Labute approximate surface area is 135 Å². The lowest BCUT2D eigenvalue weighted by molar-refractivity contribution is 0.0944. The van der Waals surface area contributed by atoms with Gasteiger partial charge in [-0.05, 0) is 31.5 Å². The Morgan fingerprint density at radius 1 is 1.18 bits per heavy atom. The number of nitrogens with one attached hydrogen (secondary N) is 2. The third-order valence-corrected chi connectivity index (χ3v) is 2.94. The lowest BCUT2D eigenvalue weighted by Crippen LogP contribution is -2.45. The van der Waals surface area contributed by atoms with Crippen LogP contribution in [0.3, 0.4) is 0 Å². The van der Waals surface area contributed by atoms with E-state index in [0.717, 1.165) is 5.56 Å². The number of aromatic amines is 1. The Balaban J connectivity index is 0.00000242. The van der Waals surface area contributed by atoms with Gasteiger partial charge in [0.05, 0.1) is 0 Å². The standard InChI is InChI=1S/C16H19N3O2.ClH/c1-16(2,17)10-18-14(20)12-8-9-13(19-15(12)21)11-6-4-3-5-7-11;/h3-9H,10,17H2,1-2H3,(H,18,20)(H,19,21);1H. The van der Waals surface area contributed by atoms with E-state index in [-0.39, 0.29) is 18.0 Å².